The van der Waals surface area contributed by atoms with Gasteiger partial charge in [-0.25, -0.2) is 9.37 Å². The monoisotopic (exact) mass is 394 g/mol. The number of nitrogens with zero attached hydrogens (tertiary/aromatic N) is 3. The van der Waals surface area contributed by atoms with Crippen LogP contribution < -0.4 is 21.9 Å². The lowest BCUT2D eigenvalue weighted by atomic mass is 10.0. The molecule has 0 atom stereocenters. The second-order valence-corrected chi connectivity index (χ2v) is 6.27. The molecule has 6 N–H and O–H groups in total. The fraction of sp³-hybridized carbons (Fsp3) is 0.190. The Balaban J connectivity index is 2.23. The highest BCUT2D eigenvalue weighted by Gasteiger charge is 2.17. The van der Waals surface area contributed by atoms with E-state index in [0.717, 1.165) is 0 Å². The predicted molar refractivity (Wildman–Crippen MR) is 113 cm³/mol. The summed E-state index contributed by atoms with van der Waals surface area (Å²) in [7, 11) is 0. The molecule has 0 saturated heterocycles. The number of rotatable bonds is 2. The molecule has 2 bridgehead atoms. The molecule has 0 saturated carbocycles. The van der Waals surface area contributed by atoms with Gasteiger partial charge in [-0.3, -0.25) is 9.98 Å². The van der Waals surface area contributed by atoms with Gasteiger partial charge in [0.2, 0.25) is 0 Å². The van der Waals surface area contributed by atoms with Crippen molar-refractivity contribution in [2.24, 2.45) is 21.5 Å². The Hall–Kier alpha value is -3.68. The minimum atomic E-state index is -0.379. The van der Waals surface area contributed by atoms with Gasteiger partial charge in [-0.1, -0.05) is 0 Å². The van der Waals surface area contributed by atoms with E-state index < -0.39 is 0 Å². The second kappa shape index (κ2) is 9.01. The Morgan fingerprint density at radius 1 is 1.28 bits per heavy atom. The number of ether oxygens (including phenoxy) is 1. The van der Waals surface area contributed by atoms with E-state index in [1.54, 1.807) is 24.4 Å². The molecule has 0 amide bonds. The molecule has 1 aliphatic rings. The quantitative estimate of drug-likeness (QED) is 0.721. The molecular weight excluding hydrogens is 371 g/mol. The molecule has 8 heteroatoms. The van der Waals surface area contributed by atoms with E-state index in [1.807, 2.05) is 6.92 Å². The van der Waals surface area contributed by atoms with Crippen LogP contribution in [0.15, 0.2) is 64.5 Å². The number of nitrogens with two attached hydrogens (primary N) is 3. The molecule has 0 unspecified atom stereocenters. The van der Waals surface area contributed by atoms with Crippen molar-refractivity contribution in [2.75, 3.05) is 18.8 Å². The minimum Gasteiger partial charge on any atom is -0.485 e. The SMILES string of the molecule is CCN=C1C(=CN)CN=C(C=CN)c2ccc(F)cc2COc2cc1cnc2N. The first-order valence-electron chi connectivity index (χ1n) is 9.13. The van der Waals surface area contributed by atoms with Gasteiger partial charge in [0.1, 0.15) is 12.4 Å². The van der Waals surface area contributed by atoms with Crippen molar-refractivity contribution in [1.29, 1.82) is 0 Å². The lowest BCUT2D eigenvalue weighted by molar-refractivity contribution is 0.306. The summed E-state index contributed by atoms with van der Waals surface area (Å²) in [5, 5.41) is 0. The zero-order valence-electron chi connectivity index (χ0n) is 16.1. The topological polar surface area (TPSA) is 125 Å². The van der Waals surface area contributed by atoms with Crippen LogP contribution in [0.5, 0.6) is 5.75 Å². The number of nitrogen functional groups attached to an aromatic ring is 1. The maximum absolute atomic E-state index is 13.9. The number of pyridine rings is 1. The largest absolute Gasteiger partial charge is 0.485 e. The summed E-state index contributed by atoms with van der Waals surface area (Å²) in [6.45, 7) is 2.82. The normalized spacial score (nSPS) is 17.4. The van der Waals surface area contributed by atoms with Gasteiger partial charge >= 0.3 is 0 Å². The molecule has 0 radical (unpaired) electrons. The van der Waals surface area contributed by atoms with Crippen molar-refractivity contribution in [1.82, 2.24) is 4.98 Å². The molecule has 0 spiro atoms. The van der Waals surface area contributed by atoms with E-state index in [9.17, 15) is 4.39 Å². The highest BCUT2D eigenvalue weighted by molar-refractivity contribution is 6.14. The first kappa shape index (κ1) is 20.1. The third kappa shape index (κ3) is 4.43. The third-order valence-corrected chi connectivity index (χ3v) is 4.38. The number of halogens is 1. The van der Waals surface area contributed by atoms with Crippen molar-refractivity contribution < 1.29 is 9.13 Å². The average Bonchev–Trinajstić information content (AvgIpc) is 2.71. The van der Waals surface area contributed by atoms with Gasteiger partial charge in [-0.05, 0) is 43.5 Å². The van der Waals surface area contributed by atoms with Crippen LogP contribution in [0, 0.1) is 5.82 Å². The highest BCUT2D eigenvalue weighted by atomic mass is 19.1. The lowest BCUT2D eigenvalue weighted by Crippen LogP contribution is -2.15. The summed E-state index contributed by atoms with van der Waals surface area (Å²) < 4.78 is 19.8. The van der Waals surface area contributed by atoms with Gasteiger partial charge in [-0.2, -0.15) is 0 Å². The van der Waals surface area contributed by atoms with E-state index in [4.69, 9.17) is 21.9 Å². The van der Waals surface area contributed by atoms with Crippen LogP contribution in [-0.4, -0.2) is 29.5 Å². The van der Waals surface area contributed by atoms with E-state index in [2.05, 4.69) is 15.0 Å². The Morgan fingerprint density at radius 3 is 2.83 bits per heavy atom. The van der Waals surface area contributed by atoms with Crippen LogP contribution in [0.4, 0.5) is 10.2 Å². The molecule has 0 fully saturated rings. The molecule has 2 heterocycles. The number of allylic oxidation sites excluding steroid dienone is 1. The first-order chi connectivity index (χ1) is 14.1. The fourth-order valence-electron chi connectivity index (χ4n) is 3.02. The Morgan fingerprint density at radius 2 is 2.10 bits per heavy atom. The van der Waals surface area contributed by atoms with Crippen LogP contribution in [0.25, 0.3) is 0 Å². The van der Waals surface area contributed by atoms with Crippen molar-refractivity contribution in [3.8, 4) is 5.75 Å². The molecule has 1 aromatic carbocycles. The molecular formula is C21H23FN6O. The molecule has 0 aliphatic carbocycles. The number of fused-ring (bicyclic) bond motifs is 3. The molecule has 7 nitrogen and oxygen atoms in total. The maximum Gasteiger partial charge on any atom is 0.166 e. The summed E-state index contributed by atoms with van der Waals surface area (Å²) in [5.74, 6) is 0.232. The lowest BCUT2D eigenvalue weighted by Gasteiger charge is -2.17. The molecule has 1 aromatic heterocycles. The minimum absolute atomic E-state index is 0.0830. The van der Waals surface area contributed by atoms with Gasteiger partial charge in [-0.15, -0.1) is 0 Å². The number of anilines is 1. The van der Waals surface area contributed by atoms with Crippen LogP contribution in [0.3, 0.4) is 0 Å². The van der Waals surface area contributed by atoms with Gasteiger partial charge in [0, 0.05) is 41.2 Å². The van der Waals surface area contributed by atoms with E-state index in [1.165, 1.54) is 24.5 Å². The van der Waals surface area contributed by atoms with Crippen LogP contribution in [0.1, 0.15) is 23.6 Å². The van der Waals surface area contributed by atoms with Crippen molar-refractivity contribution in [2.45, 2.75) is 13.5 Å². The number of aromatic nitrogens is 1. The molecule has 150 valence electrons. The van der Waals surface area contributed by atoms with Gasteiger partial charge < -0.3 is 21.9 Å². The average molecular weight is 394 g/mol. The van der Waals surface area contributed by atoms with Gasteiger partial charge in [0.15, 0.2) is 11.6 Å². The Labute approximate surface area is 168 Å². The molecule has 3 rings (SSSR count). The predicted octanol–water partition coefficient (Wildman–Crippen LogP) is 2.31. The van der Waals surface area contributed by atoms with E-state index >= 15 is 0 Å². The Bertz CT molecular complexity index is 1030. The number of hydrogen-bond donors (Lipinski definition) is 3. The number of benzene rings is 1. The van der Waals surface area contributed by atoms with Crippen molar-refractivity contribution in [3.63, 3.8) is 0 Å². The molecule has 1 aliphatic heterocycles. The van der Waals surface area contributed by atoms with Crippen molar-refractivity contribution in [3.05, 3.63) is 77.0 Å². The number of hydrogen-bond acceptors (Lipinski definition) is 7. The zero-order valence-corrected chi connectivity index (χ0v) is 16.1. The Kier molecular flexibility index (Phi) is 6.23. The van der Waals surface area contributed by atoms with Gasteiger partial charge in [0.05, 0.1) is 18.0 Å². The summed E-state index contributed by atoms with van der Waals surface area (Å²) >= 11 is 0. The third-order valence-electron chi connectivity index (χ3n) is 4.38. The smallest absolute Gasteiger partial charge is 0.166 e. The highest BCUT2D eigenvalue weighted by Crippen LogP contribution is 2.25. The standard InChI is InChI=1S/C21H23FN6O/c1-2-26-20-13-8-19(21(25)28-10-13)29-12-14-7-16(22)3-4-17(14)18(5-6-23)27-11-15(20)9-24/h3-10H,2,11-12,23-24H2,1H3,(H2,25,28). The van der Waals surface area contributed by atoms with Crippen LogP contribution >= 0.6 is 0 Å². The van der Waals surface area contributed by atoms with E-state index in [0.29, 0.717) is 46.0 Å². The van der Waals surface area contributed by atoms with Crippen LogP contribution in [0.2, 0.25) is 0 Å². The zero-order chi connectivity index (χ0) is 20.8. The maximum atomic E-state index is 13.9. The molecule has 29 heavy (non-hydrogen) atoms. The van der Waals surface area contributed by atoms with Gasteiger partial charge in [0.25, 0.3) is 0 Å². The summed E-state index contributed by atoms with van der Waals surface area (Å²) in [4.78, 5) is 13.4. The van der Waals surface area contributed by atoms with E-state index in [-0.39, 0.29) is 24.8 Å². The summed E-state index contributed by atoms with van der Waals surface area (Å²) in [6.07, 6.45) is 6.12. The fourth-order valence-corrected chi connectivity index (χ4v) is 3.02. The molecule has 2 aromatic rings. The first-order valence-corrected chi connectivity index (χ1v) is 9.13. The van der Waals surface area contributed by atoms with Crippen LogP contribution in [-0.2, 0) is 6.61 Å². The summed E-state index contributed by atoms with van der Waals surface area (Å²) in [6, 6.07) is 6.16. The summed E-state index contributed by atoms with van der Waals surface area (Å²) in [5.41, 5.74) is 21.4. The van der Waals surface area contributed by atoms with Crippen molar-refractivity contribution >= 4 is 17.2 Å². The number of aliphatic imine (C=N–C) groups is 2. The second-order valence-electron chi connectivity index (χ2n) is 6.27.